The number of halogens is 2. The molecule has 0 radical (unpaired) electrons. The van der Waals surface area contributed by atoms with Crippen molar-refractivity contribution in [3.8, 4) is 0 Å². The van der Waals surface area contributed by atoms with Gasteiger partial charge < -0.3 is 10.4 Å². The molecule has 2 N–H and O–H groups in total. The molecule has 0 aliphatic rings. The van der Waals surface area contributed by atoms with Gasteiger partial charge in [0.05, 0.1) is 10.0 Å². The molecule has 5 heteroatoms. The fourth-order valence-corrected chi connectivity index (χ4v) is 2.40. The summed E-state index contributed by atoms with van der Waals surface area (Å²) in [6.07, 6.45) is 2.62. The number of benzene rings is 1. The number of carbonyl (C=O) groups excluding carboxylic acids is 1. The van der Waals surface area contributed by atoms with E-state index in [2.05, 4.69) is 28.2 Å². The predicted molar refractivity (Wildman–Crippen MR) is 76.5 cm³/mol. The van der Waals surface area contributed by atoms with Crippen LogP contribution in [0.1, 0.15) is 36.5 Å². The maximum absolute atomic E-state index is 13.3. The molecule has 0 heterocycles. The molecule has 1 rings (SSSR count). The number of aliphatic hydroxyl groups is 1. The van der Waals surface area contributed by atoms with Gasteiger partial charge in [-0.2, -0.15) is 0 Å². The third kappa shape index (κ3) is 4.91. The molecule has 3 nitrogen and oxygen atoms in total. The topological polar surface area (TPSA) is 49.3 Å². The number of hydrogen-bond donors (Lipinski definition) is 2. The van der Waals surface area contributed by atoms with Crippen molar-refractivity contribution in [2.24, 2.45) is 5.92 Å². The maximum Gasteiger partial charge on any atom is 0.252 e. The van der Waals surface area contributed by atoms with Gasteiger partial charge in [-0.25, -0.2) is 4.39 Å². The Bertz CT molecular complexity index is 420. The number of nitrogens with one attached hydrogen (secondary N) is 1. The maximum atomic E-state index is 13.3. The molecular weight excluding hydrogens is 313 g/mol. The van der Waals surface area contributed by atoms with Crippen molar-refractivity contribution in [2.75, 3.05) is 13.2 Å². The second kappa shape index (κ2) is 8.27. The van der Waals surface area contributed by atoms with Crippen LogP contribution in [0.5, 0.6) is 0 Å². The summed E-state index contributed by atoms with van der Waals surface area (Å²) in [5.41, 5.74) is 0.291. The van der Waals surface area contributed by atoms with E-state index in [1.807, 2.05) is 0 Å². The molecule has 0 fully saturated rings. The number of hydrogen-bond acceptors (Lipinski definition) is 2. The highest BCUT2D eigenvalue weighted by Crippen LogP contribution is 2.20. The van der Waals surface area contributed by atoms with Crippen LogP contribution in [0.3, 0.4) is 0 Å². The van der Waals surface area contributed by atoms with Crippen LogP contribution in [-0.2, 0) is 0 Å². The molecule has 0 saturated carbocycles. The zero-order valence-electron chi connectivity index (χ0n) is 11.0. The van der Waals surface area contributed by atoms with Gasteiger partial charge >= 0.3 is 0 Å². The zero-order valence-corrected chi connectivity index (χ0v) is 12.5. The highest BCUT2D eigenvalue weighted by atomic mass is 79.9. The third-order valence-corrected chi connectivity index (χ3v) is 3.79. The summed E-state index contributed by atoms with van der Waals surface area (Å²) in [5.74, 6) is -0.496. The molecule has 0 aromatic heterocycles. The lowest BCUT2D eigenvalue weighted by Crippen LogP contribution is -2.30. The van der Waals surface area contributed by atoms with Gasteiger partial charge in [-0.1, -0.05) is 19.4 Å². The first-order chi connectivity index (χ1) is 9.10. The molecule has 1 unspecified atom stereocenters. The minimum atomic E-state index is -0.451. The summed E-state index contributed by atoms with van der Waals surface area (Å²) in [6.45, 7) is 2.68. The average Bonchev–Trinajstić information content (AvgIpc) is 2.39. The number of aliphatic hydroxyl groups excluding tert-OH is 1. The Labute approximate surface area is 121 Å². The summed E-state index contributed by atoms with van der Waals surface area (Å²) in [7, 11) is 0. The van der Waals surface area contributed by atoms with Crippen LogP contribution in [0.4, 0.5) is 4.39 Å². The van der Waals surface area contributed by atoms with Crippen LogP contribution >= 0.6 is 15.9 Å². The molecule has 1 aromatic rings. The van der Waals surface area contributed by atoms with Crippen molar-refractivity contribution >= 4 is 21.8 Å². The van der Waals surface area contributed by atoms with Gasteiger partial charge in [-0.05, 0) is 46.8 Å². The molecule has 0 bridgehead atoms. The first-order valence-electron chi connectivity index (χ1n) is 6.43. The number of amides is 1. The number of carbonyl (C=O) groups is 1. The minimum absolute atomic E-state index is 0.115. The summed E-state index contributed by atoms with van der Waals surface area (Å²) in [6, 6.07) is 4.38. The van der Waals surface area contributed by atoms with E-state index in [4.69, 9.17) is 5.11 Å². The first kappa shape index (κ1) is 16.1. The Balaban J connectivity index is 2.61. The second-order valence-corrected chi connectivity index (χ2v) is 5.27. The molecular formula is C14H19BrFNO2. The van der Waals surface area contributed by atoms with Crippen molar-refractivity contribution in [2.45, 2.75) is 26.2 Å². The summed E-state index contributed by atoms with van der Waals surface area (Å²) in [4.78, 5) is 12.0. The lowest BCUT2D eigenvalue weighted by molar-refractivity contribution is 0.0941. The summed E-state index contributed by atoms with van der Waals surface area (Å²) >= 11 is 3.07. The van der Waals surface area contributed by atoms with Gasteiger partial charge in [0.2, 0.25) is 0 Å². The fraction of sp³-hybridized carbons (Fsp3) is 0.500. The van der Waals surface area contributed by atoms with Gasteiger partial charge in [0, 0.05) is 13.2 Å². The molecule has 0 spiro atoms. The van der Waals surface area contributed by atoms with E-state index in [0.717, 1.165) is 12.8 Å². The van der Waals surface area contributed by atoms with Crippen LogP contribution in [0.15, 0.2) is 22.7 Å². The van der Waals surface area contributed by atoms with Gasteiger partial charge in [0.15, 0.2) is 0 Å². The molecule has 0 aliphatic heterocycles. The SMILES string of the molecule is CCCC(CCO)CNC(=O)c1cccc(F)c1Br. The highest BCUT2D eigenvalue weighted by molar-refractivity contribution is 9.10. The lowest BCUT2D eigenvalue weighted by Gasteiger charge is -2.16. The van der Waals surface area contributed by atoms with E-state index in [1.165, 1.54) is 12.1 Å². The molecule has 1 amide bonds. The minimum Gasteiger partial charge on any atom is -0.396 e. The van der Waals surface area contributed by atoms with Gasteiger partial charge in [0.1, 0.15) is 5.82 Å². The highest BCUT2D eigenvalue weighted by Gasteiger charge is 2.14. The summed E-state index contributed by atoms with van der Waals surface area (Å²) in [5, 5.41) is 11.7. The van der Waals surface area contributed by atoms with Crippen LogP contribution < -0.4 is 5.32 Å². The zero-order chi connectivity index (χ0) is 14.3. The average molecular weight is 332 g/mol. The van der Waals surface area contributed by atoms with Crippen LogP contribution in [0, 0.1) is 11.7 Å². The van der Waals surface area contributed by atoms with E-state index < -0.39 is 5.82 Å². The van der Waals surface area contributed by atoms with Crippen molar-refractivity contribution in [1.82, 2.24) is 5.32 Å². The smallest absolute Gasteiger partial charge is 0.252 e. The van der Waals surface area contributed by atoms with E-state index in [0.29, 0.717) is 18.5 Å². The molecule has 1 atom stereocenters. The Morgan fingerprint density at radius 3 is 2.84 bits per heavy atom. The predicted octanol–water partition coefficient (Wildman–Crippen LogP) is 3.12. The fourth-order valence-electron chi connectivity index (χ4n) is 1.95. The monoisotopic (exact) mass is 331 g/mol. The quantitative estimate of drug-likeness (QED) is 0.806. The first-order valence-corrected chi connectivity index (χ1v) is 7.22. The molecule has 0 aliphatic carbocycles. The Kier molecular flexibility index (Phi) is 7.02. The summed E-state index contributed by atoms with van der Waals surface area (Å²) < 4.78 is 13.5. The van der Waals surface area contributed by atoms with Crippen LogP contribution in [0.2, 0.25) is 0 Å². The molecule has 106 valence electrons. The third-order valence-electron chi connectivity index (χ3n) is 2.98. The normalized spacial score (nSPS) is 12.2. The largest absolute Gasteiger partial charge is 0.396 e. The van der Waals surface area contributed by atoms with E-state index in [9.17, 15) is 9.18 Å². The molecule has 1 aromatic carbocycles. The van der Waals surface area contributed by atoms with Crippen LogP contribution in [0.25, 0.3) is 0 Å². The van der Waals surface area contributed by atoms with Crippen molar-refractivity contribution in [1.29, 1.82) is 0 Å². The van der Waals surface area contributed by atoms with Crippen molar-refractivity contribution in [3.05, 3.63) is 34.1 Å². The Morgan fingerprint density at radius 1 is 1.47 bits per heavy atom. The van der Waals surface area contributed by atoms with E-state index >= 15 is 0 Å². The Hall–Kier alpha value is -0.940. The van der Waals surface area contributed by atoms with Gasteiger partial charge in [-0.15, -0.1) is 0 Å². The van der Waals surface area contributed by atoms with Gasteiger partial charge in [-0.3, -0.25) is 4.79 Å². The lowest BCUT2D eigenvalue weighted by atomic mass is 10.00. The van der Waals surface area contributed by atoms with E-state index in [1.54, 1.807) is 6.07 Å². The Morgan fingerprint density at radius 2 is 2.21 bits per heavy atom. The second-order valence-electron chi connectivity index (χ2n) is 4.48. The number of rotatable bonds is 7. The standard InChI is InChI=1S/C14H19BrFNO2/c1-2-4-10(7-8-18)9-17-14(19)11-5-3-6-12(16)13(11)15/h3,5-6,10,18H,2,4,7-9H2,1H3,(H,17,19). The molecule has 19 heavy (non-hydrogen) atoms. The van der Waals surface area contributed by atoms with Gasteiger partial charge in [0.25, 0.3) is 5.91 Å². The van der Waals surface area contributed by atoms with E-state index in [-0.39, 0.29) is 22.9 Å². The van der Waals surface area contributed by atoms with Crippen LogP contribution in [-0.4, -0.2) is 24.2 Å². The molecule has 0 saturated heterocycles. The van der Waals surface area contributed by atoms with Crippen molar-refractivity contribution < 1.29 is 14.3 Å². The van der Waals surface area contributed by atoms with Crippen molar-refractivity contribution in [3.63, 3.8) is 0 Å².